The molecule has 7 nitrogen and oxygen atoms in total. The van der Waals surface area contributed by atoms with Crippen molar-refractivity contribution in [2.75, 3.05) is 6.54 Å². The van der Waals surface area contributed by atoms with Crippen LogP contribution in [0, 0.1) is 6.92 Å². The van der Waals surface area contributed by atoms with Crippen molar-refractivity contribution in [1.29, 1.82) is 0 Å². The largest absolute Gasteiger partial charge is 0.354 e. The fraction of sp³-hybridized carbons (Fsp3) is 0.200. The number of thiazole rings is 1. The van der Waals surface area contributed by atoms with E-state index in [1.54, 1.807) is 5.38 Å². The van der Waals surface area contributed by atoms with Crippen molar-refractivity contribution >= 4 is 22.9 Å². The molecule has 0 aliphatic rings. The van der Waals surface area contributed by atoms with Crippen LogP contribution in [-0.2, 0) is 17.8 Å². The molecule has 0 atom stereocenters. The number of carbonyl (C=O) groups excluding carboxylic acids is 1. The summed E-state index contributed by atoms with van der Waals surface area (Å²) < 4.78 is 3.40. The zero-order valence-corrected chi connectivity index (χ0v) is 16.1. The monoisotopic (exact) mass is 393 g/mol. The minimum Gasteiger partial charge on any atom is -0.354 e. The number of pyridine rings is 1. The number of aromatic nitrogens is 4. The third-order valence-electron chi connectivity index (χ3n) is 4.49. The van der Waals surface area contributed by atoms with E-state index in [0.29, 0.717) is 13.0 Å². The van der Waals surface area contributed by atoms with Gasteiger partial charge in [-0.15, -0.1) is 10.2 Å². The van der Waals surface area contributed by atoms with Crippen LogP contribution < -0.4 is 10.2 Å². The van der Waals surface area contributed by atoms with Crippen molar-refractivity contribution in [2.24, 2.45) is 0 Å². The van der Waals surface area contributed by atoms with Crippen LogP contribution in [0.4, 0.5) is 0 Å². The van der Waals surface area contributed by atoms with E-state index in [9.17, 15) is 9.59 Å². The molecule has 0 radical (unpaired) electrons. The number of benzene rings is 1. The molecule has 0 bridgehead atoms. The molecule has 142 valence electrons. The number of nitrogens with zero attached hydrogens (tertiary/aromatic N) is 4. The second kappa shape index (κ2) is 7.77. The lowest BCUT2D eigenvalue weighted by molar-refractivity contribution is -0.121. The van der Waals surface area contributed by atoms with Gasteiger partial charge >= 0.3 is 4.87 Å². The average Bonchev–Trinajstić information content (AvgIpc) is 3.27. The topological polar surface area (TPSA) is 81.3 Å². The summed E-state index contributed by atoms with van der Waals surface area (Å²) >= 11 is 1.10. The maximum absolute atomic E-state index is 12.4. The summed E-state index contributed by atoms with van der Waals surface area (Å²) in [6.07, 6.45) is 2.45. The molecule has 1 N–H and O–H groups in total. The van der Waals surface area contributed by atoms with Gasteiger partial charge in [-0.2, -0.15) is 0 Å². The third-order valence-corrected chi connectivity index (χ3v) is 5.25. The maximum Gasteiger partial charge on any atom is 0.308 e. The number of hydrogen-bond donors (Lipinski definition) is 1. The van der Waals surface area contributed by atoms with E-state index in [1.165, 1.54) is 4.57 Å². The van der Waals surface area contributed by atoms with Crippen LogP contribution in [0.3, 0.4) is 0 Å². The van der Waals surface area contributed by atoms with Gasteiger partial charge in [-0.25, -0.2) is 0 Å². The van der Waals surface area contributed by atoms with Crippen molar-refractivity contribution in [3.63, 3.8) is 0 Å². The Morgan fingerprint density at radius 3 is 2.79 bits per heavy atom. The predicted octanol–water partition coefficient (Wildman–Crippen LogP) is 2.29. The number of fused-ring (bicyclic) bond motifs is 1. The molecule has 0 saturated heterocycles. The molecular weight excluding hydrogens is 374 g/mol. The highest BCUT2D eigenvalue weighted by atomic mass is 32.1. The second-order valence-corrected chi connectivity index (χ2v) is 7.30. The molecular formula is C20H19N5O2S. The minimum atomic E-state index is -0.206. The Morgan fingerprint density at radius 2 is 1.96 bits per heavy atom. The lowest BCUT2D eigenvalue weighted by Gasteiger charge is -2.09. The van der Waals surface area contributed by atoms with Crippen LogP contribution >= 0.6 is 11.3 Å². The number of aryl methyl sites for hydroxylation is 1. The second-order valence-electron chi connectivity index (χ2n) is 6.48. The predicted molar refractivity (Wildman–Crippen MR) is 108 cm³/mol. The Hall–Kier alpha value is -3.26. The van der Waals surface area contributed by atoms with Crippen molar-refractivity contribution < 1.29 is 4.79 Å². The lowest BCUT2D eigenvalue weighted by atomic mass is 10.1. The highest BCUT2D eigenvalue weighted by molar-refractivity contribution is 7.07. The number of rotatable bonds is 6. The fourth-order valence-corrected chi connectivity index (χ4v) is 3.77. The van der Waals surface area contributed by atoms with Gasteiger partial charge in [0, 0.05) is 24.5 Å². The van der Waals surface area contributed by atoms with E-state index in [2.05, 4.69) is 15.5 Å². The first-order valence-corrected chi connectivity index (χ1v) is 9.80. The minimum absolute atomic E-state index is 0.00781. The van der Waals surface area contributed by atoms with Gasteiger partial charge in [-0.3, -0.25) is 18.6 Å². The summed E-state index contributed by atoms with van der Waals surface area (Å²) in [5.41, 5.74) is 3.60. The molecule has 0 aliphatic heterocycles. The number of hydrogen-bond acceptors (Lipinski definition) is 5. The Labute approximate surface area is 165 Å². The maximum atomic E-state index is 12.4. The van der Waals surface area contributed by atoms with Crippen LogP contribution in [0.5, 0.6) is 0 Å². The van der Waals surface area contributed by atoms with Gasteiger partial charge < -0.3 is 5.32 Å². The van der Waals surface area contributed by atoms with E-state index in [0.717, 1.165) is 39.6 Å². The van der Waals surface area contributed by atoms with E-state index in [4.69, 9.17) is 0 Å². The molecule has 3 heterocycles. The molecule has 4 rings (SSSR count). The summed E-state index contributed by atoms with van der Waals surface area (Å²) in [5, 5.41) is 12.9. The van der Waals surface area contributed by atoms with E-state index >= 15 is 0 Å². The third kappa shape index (κ3) is 3.72. The highest BCUT2D eigenvalue weighted by Crippen LogP contribution is 2.20. The van der Waals surface area contributed by atoms with Crippen molar-refractivity contribution in [1.82, 2.24) is 24.5 Å². The quantitative estimate of drug-likeness (QED) is 0.545. The SMILES string of the molecule is Cc1ccc(-c2csc(=O)n2CC(=O)NCCc2nnc3ccccn23)cc1. The zero-order chi connectivity index (χ0) is 19.5. The van der Waals surface area contributed by atoms with Crippen molar-refractivity contribution in [3.05, 3.63) is 75.1 Å². The van der Waals surface area contributed by atoms with Crippen LogP contribution in [0.2, 0.25) is 0 Å². The van der Waals surface area contributed by atoms with Gasteiger partial charge in [-0.05, 0) is 24.6 Å². The van der Waals surface area contributed by atoms with Gasteiger partial charge in [-0.1, -0.05) is 47.2 Å². The van der Waals surface area contributed by atoms with Crippen LogP contribution in [-0.4, -0.2) is 31.6 Å². The molecule has 0 fully saturated rings. The van der Waals surface area contributed by atoms with E-state index in [1.807, 2.05) is 60.0 Å². The summed E-state index contributed by atoms with van der Waals surface area (Å²) in [5.74, 6) is 0.576. The summed E-state index contributed by atoms with van der Waals surface area (Å²) in [6.45, 7) is 2.43. The number of carbonyl (C=O) groups is 1. The normalized spacial score (nSPS) is 11.0. The van der Waals surface area contributed by atoms with Crippen LogP contribution in [0.15, 0.2) is 58.8 Å². The fourth-order valence-electron chi connectivity index (χ4n) is 3.00. The Bertz CT molecular complexity index is 1170. The van der Waals surface area contributed by atoms with Crippen molar-refractivity contribution in [2.45, 2.75) is 19.9 Å². The van der Waals surface area contributed by atoms with E-state index in [-0.39, 0.29) is 17.3 Å². The van der Waals surface area contributed by atoms with Crippen LogP contribution in [0.1, 0.15) is 11.4 Å². The van der Waals surface area contributed by atoms with Gasteiger partial charge in [0.1, 0.15) is 12.4 Å². The lowest BCUT2D eigenvalue weighted by Crippen LogP contribution is -2.32. The molecule has 4 aromatic rings. The molecule has 0 unspecified atom stereocenters. The molecule has 0 aliphatic carbocycles. The summed E-state index contributed by atoms with van der Waals surface area (Å²) in [6, 6.07) is 13.6. The van der Waals surface area contributed by atoms with Gasteiger partial charge in [0.25, 0.3) is 0 Å². The molecule has 0 saturated carbocycles. The number of amides is 1. The zero-order valence-electron chi connectivity index (χ0n) is 15.3. The molecule has 28 heavy (non-hydrogen) atoms. The highest BCUT2D eigenvalue weighted by Gasteiger charge is 2.13. The van der Waals surface area contributed by atoms with Gasteiger partial charge in [0.05, 0.1) is 5.69 Å². The molecule has 3 aromatic heterocycles. The molecule has 1 aromatic carbocycles. The Kier molecular flexibility index (Phi) is 5.03. The van der Waals surface area contributed by atoms with Crippen molar-refractivity contribution in [3.8, 4) is 11.3 Å². The molecule has 1 amide bonds. The van der Waals surface area contributed by atoms with E-state index < -0.39 is 0 Å². The number of nitrogens with one attached hydrogen (secondary N) is 1. The Morgan fingerprint density at radius 1 is 1.14 bits per heavy atom. The smallest absolute Gasteiger partial charge is 0.308 e. The first-order valence-electron chi connectivity index (χ1n) is 8.92. The van der Waals surface area contributed by atoms with Gasteiger partial charge in [0.15, 0.2) is 5.65 Å². The summed E-state index contributed by atoms with van der Waals surface area (Å²) in [7, 11) is 0. The average molecular weight is 393 g/mol. The van der Waals surface area contributed by atoms with Gasteiger partial charge in [0.2, 0.25) is 5.91 Å². The first-order chi connectivity index (χ1) is 13.6. The first kappa shape index (κ1) is 18.1. The van der Waals surface area contributed by atoms with Crippen LogP contribution in [0.25, 0.3) is 16.9 Å². The summed E-state index contributed by atoms with van der Waals surface area (Å²) in [4.78, 5) is 24.4. The Balaban J connectivity index is 1.41. The molecule has 0 spiro atoms. The molecule has 8 heteroatoms. The standard InChI is InChI=1S/C20H19N5O2S/c1-14-5-7-15(8-6-14)16-13-28-20(27)25(16)12-19(26)21-10-9-18-23-22-17-4-2-3-11-24(17)18/h2-8,11,13H,9-10,12H2,1H3,(H,21,26).